The Kier molecular flexibility index (Phi) is 5.91. The van der Waals surface area contributed by atoms with E-state index in [1.165, 1.54) is 6.20 Å². The monoisotopic (exact) mass is 342 g/mol. The molecule has 0 saturated carbocycles. The van der Waals surface area contributed by atoms with Gasteiger partial charge in [0, 0.05) is 12.2 Å². The smallest absolute Gasteiger partial charge is 0.422 e. The van der Waals surface area contributed by atoms with Crippen LogP contribution in [-0.4, -0.2) is 26.7 Å². The molecule has 0 bridgehead atoms. The van der Waals surface area contributed by atoms with Crippen molar-refractivity contribution in [1.82, 2.24) is 9.71 Å². The Morgan fingerprint density at radius 1 is 1.36 bits per heavy atom. The maximum Gasteiger partial charge on any atom is 0.422 e. The molecule has 0 aliphatic rings. The van der Waals surface area contributed by atoms with Crippen LogP contribution in [0.2, 0.25) is 0 Å². The molecule has 126 valence electrons. The maximum absolute atomic E-state index is 13.7. The summed E-state index contributed by atoms with van der Waals surface area (Å²) in [5.41, 5.74) is 0.356. The van der Waals surface area contributed by atoms with Crippen LogP contribution in [0.5, 0.6) is 5.88 Å². The minimum absolute atomic E-state index is 0.356. The lowest BCUT2D eigenvalue weighted by atomic mass is 10.1. The molecule has 1 unspecified atom stereocenters. The van der Waals surface area contributed by atoms with E-state index in [2.05, 4.69) is 14.4 Å². The minimum atomic E-state index is -4.56. The molecule has 0 aliphatic carbocycles. The van der Waals surface area contributed by atoms with Gasteiger partial charge in [-0.3, -0.25) is 0 Å². The molecule has 0 fully saturated rings. The lowest BCUT2D eigenvalue weighted by Gasteiger charge is -2.22. The highest BCUT2D eigenvalue weighted by Gasteiger charge is 2.29. The van der Waals surface area contributed by atoms with Crippen molar-refractivity contribution in [1.29, 1.82) is 0 Å². The largest absolute Gasteiger partial charge is 0.466 e. The van der Waals surface area contributed by atoms with E-state index < -0.39 is 46.3 Å². The molecule has 9 heteroatoms. The number of alkyl halides is 3. The number of hydrogen-bond acceptors (Lipinski definition) is 3. The fourth-order valence-electron chi connectivity index (χ4n) is 1.34. The van der Waals surface area contributed by atoms with Gasteiger partial charge in [-0.25, -0.2) is 18.3 Å². The molecule has 0 radical (unpaired) electrons. The highest BCUT2D eigenvalue weighted by atomic mass is 32.2. The summed E-state index contributed by atoms with van der Waals surface area (Å²) in [6.07, 6.45) is -3.38. The van der Waals surface area contributed by atoms with Crippen LogP contribution in [0, 0.1) is 5.82 Å². The normalized spacial score (nSPS) is 15.5. The zero-order valence-corrected chi connectivity index (χ0v) is 13.4. The van der Waals surface area contributed by atoms with Crippen LogP contribution in [0.1, 0.15) is 39.3 Å². The van der Waals surface area contributed by atoms with Gasteiger partial charge in [0.1, 0.15) is 0 Å². The van der Waals surface area contributed by atoms with E-state index >= 15 is 0 Å². The summed E-state index contributed by atoms with van der Waals surface area (Å²) < 4.78 is 68.3. The summed E-state index contributed by atoms with van der Waals surface area (Å²) >= 11 is 0. The first-order valence-electron chi connectivity index (χ1n) is 6.43. The third kappa shape index (κ3) is 5.88. The van der Waals surface area contributed by atoms with Gasteiger partial charge in [0.05, 0.1) is 15.7 Å². The Hall–Kier alpha value is -1.22. The highest BCUT2D eigenvalue weighted by Crippen LogP contribution is 2.23. The average Bonchev–Trinajstić information content (AvgIpc) is 2.34. The number of rotatable bonds is 5. The Morgan fingerprint density at radius 3 is 2.41 bits per heavy atom. The van der Waals surface area contributed by atoms with Crippen LogP contribution in [0.15, 0.2) is 12.3 Å². The molecule has 2 atom stereocenters. The fourth-order valence-corrected chi connectivity index (χ4v) is 2.15. The third-order valence-electron chi connectivity index (χ3n) is 2.54. The van der Waals surface area contributed by atoms with Crippen LogP contribution in [-0.2, 0) is 11.0 Å². The van der Waals surface area contributed by atoms with Crippen LogP contribution in [0.3, 0.4) is 0 Å². The van der Waals surface area contributed by atoms with E-state index in [-0.39, 0.29) is 0 Å². The summed E-state index contributed by atoms with van der Waals surface area (Å²) in [5, 5.41) is 0. The zero-order chi connectivity index (χ0) is 17.1. The lowest BCUT2D eigenvalue weighted by Crippen LogP contribution is -2.34. The minimum Gasteiger partial charge on any atom is -0.466 e. The van der Waals surface area contributed by atoms with Crippen LogP contribution in [0.25, 0.3) is 0 Å². The van der Waals surface area contributed by atoms with Crippen molar-refractivity contribution in [2.24, 2.45) is 0 Å². The van der Waals surface area contributed by atoms with Crippen molar-refractivity contribution in [3.05, 3.63) is 23.6 Å². The molecule has 22 heavy (non-hydrogen) atoms. The fraction of sp³-hybridized carbons (Fsp3) is 0.615. The van der Waals surface area contributed by atoms with E-state index in [1.807, 2.05) is 0 Å². The van der Waals surface area contributed by atoms with Gasteiger partial charge in [-0.2, -0.15) is 13.2 Å². The summed E-state index contributed by atoms with van der Waals surface area (Å²) in [4.78, 5) is 3.54. The van der Waals surface area contributed by atoms with Crippen molar-refractivity contribution < 1.29 is 26.5 Å². The number of nitrogens with one attached hydrogen (secondary N) is 1. The average molecular weight is 342 g/mol. The van der Waals surface area contributed by atoms with Gasteiger partial charge < -0.3 is 4.74 Å². The third-order valence-corrected chi connectivity index (χ3v) is 4.22. The summed E-state index contributed by atoms with van der Waals surface area (Å²) in [6, 6.07) is 0.523. The molecule has 1 aromatic rings. The number of halogens is 4. The molecule has 1 aromatic heterocycles. The first-order valence-corrected chi connectivity index (χ1v) is 7.58. The first kappa shape index (κ1) is 18.8. The molecule has 1 rings (SSSR count). The molecule has 1 N–H and O–H groups in total. The van der Waals surface area contributed by atoms with Gasteiger partial charge in [0.25, 0.3) is 5.88 Å². The number of hydrogen-bond donors (Lipinski definition) is 1. The molecular formula is C13H18F4N2O2S. The summed E-state index contributed by atoms with van der Waals surface area (Å²) in [5.74, 6) is -1.72. The van der Waals surface area contributed by atoms with Crippen molar-refractivity contribution in [3.8, 4) is 5.88 Å². The second-order valence-corrected chi connectivity index (χ2v) is 7.68. The molecule has 1 heterocycles. The standard InChI is InChI=1S/C13H18F4N2O2S/c1-8(19-22(20)12(2,3)4)9-5-10(14)11(18-6-9)21-7-13(15,16)17/h5-6,8,19H,7H2,1-4H3/t8-,22?/m1/s1. The van der Waals surface area contributed by atoms with E-state index in [0.29, 0.717) is 5.56 Å². The van der Waals surface area contributed by atoms with Crippen molar-refractivity contribution >= 4 is 11.0 Å². The number of ether oxygens (including phenoxy) is 1. The Morgan fingerprint density at radius 2 is 1.95 bits per heavy atom. The maximum atomic E-state index is 13.7. The van der Waals surface area contributed by atoms with E-state index in [1.54, 1.807) is 27.7 Å². The van der Waals surface area contributed by atoms with Crippen LogP contribution >= 0.6 is 0 Å². The molecule has 0 amide bonds. The lowest BCUT2D eigenvalue weighted by molar-refractivity contribution is -0.154. The van der Waals surface area contributed by atoms with Gasteiger partial charge in [-0.15, -0.1) is 0 Å². The van der Waals surface area contributed by atoms with Crippen LogP contribution in [0.4, 0.5) is 17.6 Å². The van der Waals surface area contributed by atoms with E-state index in [9.17, 15) is 21.8 Å². The number of nitrogens with zero attached hydrogens (tertiary/aromatic N) is 1. The molecule has 0 saturated heterocycles. The van der Waals surface area contributed by atoms with Crippen molar-refractivity contribution in [3.63, 3.8) is 0 Å². The molecule has 0 spiro atoms. The summed E-state index contributed by atoms with van der Waals surface area (Å²) in [7, 11) is -1.38. The first-order chi connectivity index (χ1) is 9.90. The highest BCUT2D eigenvalue weighted by molar-refractivity contribution is 7.84. The number of aromatic nitrogens is 1. The van der Waals surface area contributed by atoms with Gasteiger partial charge in [-0.1, -0.05) is 0 Å². The molecule has 4 nitrogen and oxygen atoms in total. The van der Waals surface area contributed by atoms with Gasteiger partial charge in [0.2, 0.25) is 0 Å². The second kappa shape index (κ2) is 6.91. The predicted molar refractivity (Wildman–Crippen MR) is 75.2 cm³/mol. The van der Waals surface area contributed by atoms with Crippen LogP contribution < -0.4 is 9.46 Å². The Balaban J connectivity index is 2.78. The van der Waals surface area contributed by atoms with Gasteiger partial charge in [-0.05, 0) is 39.3 Å². The molecule has 0 aromatic carbocycles. The Bertz CT molecular complexity index is 544. The topological polar surface area (TPSA) is 51.2 Å². The van der Waals surface area contributed by atoms with Crippen molar-refractivity contribution in [2.45, 2.75) is 44.7 Å². The quantitative estimate of drug-likeness (QED) is 0.836. The second-order valence-electron chi connectivity index (χ2n) is 5.68. The molecule has 0 aliphatic heterocycles. The molecular weight excluding hydrogens is 324 g/mol. The summed E-state index contributed by atoms with van der Waals surface area (Å²) in [6.45, 7) is 5.36. The van der Waals surface area contributed by atoms with E-state index in [0.717, 1.165) is 6.07 Å². The van der Waals surface area contributed by atoms with Gasteiger partial charge >= 0.3 is 6.18 Å². The predicted octanol–water partition coefficient (Wildman–Crippen LogP) is 3.27. The van der Waals surface area contributed by atoms with Crippen molar-refractivity contribution in [2.75, 3.05) is 6.61 Å². The number of pyridine rings is 1. The Labute approximate surface area is 128 Å². The van der Waals surface area contributed by atoms with Gasteiger partial charge in [0.15, 0.2) is 12.4 Å². The zero-order valence-electron chi connectivity index (χ0n) is 12.6. The van der Waals surface area contributed by atoms with E-state index in [4.69, 9.17) is 0 Å². The SMILES string of the molecule is C[C@@H](NS(=O)C(C)(C)C)c1cnc(OCC(F)(F)F)c(F)c1.